The molecule has 2 aliphatic rings. The van der Waals surface area contributed by atoms with Crippen molar-refractivity contribution >= 4 is 12.0 Å². The van der Waals surface area contributed by atoms with E-state index in [0.717, 1.165) is 12.7 Å². The quantitative estimate of drug-likeness (QED) is 0.463. The molecule has 1 spiro atoms. The van der Waals surface area contributed by atoms with E-state index in [1.165, 1.54) is 29.2 Å². The van der Waals surface area contributed by atoms with Gasteiger partial charge in [-0.2, -0.15) is 13.2 Å². The third kappa shape index (κ3) is 5.64. The molecule has 2 saturated heterocycles. The molecule has 0 N–H and O–H groups in total. The van der Waals surface area contributed by atoms with Crippen molar-refractivity contribution in [3.05, 3.63) is 71.8 Å². The molecule has 212 valence electrons. The van der Waals surface area contributed by atoms with Gasteiger partial charge in [-0.25, -0.2) is 4.79 Å². The first kappa shape index (κ1) is 28.9. The lowest BCUT2D eigenvalue weighted by molar-refractivity contribution is -0.271. The van der Waals surface area contributed by atoms with Gasteiger partial charge >= 0.3 is 12.3 Å². The predicted molar refractivity (Wildman–Crippen MR) is 141 cm³/mol. The van der Waals surface area contributed by atoms with E-state index in [4.69, 9.17) is 9.47 Å². The Hall–Kier alpha value is -3.07. The Morgan fingerprint density at radius 1 is 0.846 bits per heavy atom. The summed E-state index contributed by atoms with van der Waals surface area (Å²) in [5.74, 6) is -1.14. The molecule has 2 aliphatic heterocycles. The Morgan fingerprint density at radius 2 is 1.36 bits per heavy atom. The molecular weight excluding hydrogens is 509 g/mol. The van der Waals surface area contributed by atoms with E-state index < -0.39 is 23.3 Å². The number of ether oxygens (including phenoxy) is 2. The molecular formula is C30H37F3N2O4. The first-order valence-electron chi connectivity index (χ1n) is 13.3. The molecule has 2 aromatic rings. The Bertz CT molecular complexity index is 1140. The summed E-state index contributed by atoms with van der Waals surface area (Å²) in [7, 11) is 0.932. The fraction of sp³-hybridized carbons (Fsp3) is 0.533. The summed E-state index contributed by atoms with van der Waals surface area (Å²) in [6.45, 7) is 6.75. The minimum atomic E-state index is -4.94. The highest BCUT2D eigenvalue weighted by atomic mass is 19.4. The average molecular weight is 547 g/mol. The molecule has 0 bridgehead atoms. The second-order valence-corrected chi connectivity index (χ2v) is 11.5. The Kier molecular flexibility index (Phi) is 8.03. The van der Waals surface area contributed by atoms with Crippen molar-refractivity contribution in [1.29, 1.82) is 0 Å². The van der Waals surface area contributed by atoms with Crippen LogP contribution in [0.3, 0.4) is 0 Å². The van der Waals surface area contributed by atoms with Gasteiger partial charge in [0.25, 0.3) is 11.5 Å². The maximum Gasteiger partial charge on any atom is 0.430 e. The predicted octanol–water partition coefficient (Wildman–Crippen LogP) is 6.12. The molecule has 1 unspecified atom stereocenters. The SMILES string of the molecule is CO[C@](C(=O)N1CCC2(CCN(C(=O)OC(C)(C)C)CC2c2ccccc2)CC1)(c1ccccc1)C(F)(F)F. The Labute approximate surface area is 228 Å². The summed E-state index contributed by atoms with van der Waals surface area (Å²) in [5.41, 5.74) is -3.13. The van der Waals surface area contributed by atoms with Crippen LogP contribution >= 0.6 is 0 Å². The second-order valence-electron chi connectivity index (χ2n) is 11.5. The molecule has 2 heterocycles. The van der Waals surface area contributed by atoms with Gasteiger partial charge < -0.3 is 19.3 Å². The van der Waals surface area contributed by atoms with E-state index >= 15 is 0 Å². The molecule has 4 rings (SSSR count). The molecule has 0 saturated carbocycles. The topological polar surface area (TPSA) is 59.1 Å². The number of rotatable bonds is 4. The van der Waals surface area contributed by atoms with Crippen LogP contribution in [0.5, 0.6) is 0 Å². The fourth-order valence-corrected chi connectivity index (χ4v) is 6.05. The van der Waals surface area contributed by atoms with E-state index in [1.54, 1.807) is 11.0 Å². The van der Waals surface area contributed by atoms with Gasteiger partial charge in [0, 0.05) is 44.8 Å². The van der Waals surface area contributed by atoms with E-state index in [-0.39, 0.29) is 36.1 Å². The third-order valence-electron chi connectivity index (χ3n) is 8.11. The zero-order valence-electron chi connectivity index (χ0n) is 23.0. The van der Waals surface area contributed by atoms with E-state index in [9.17, 15) is 22.8 Å². The lowest BCUT2D eigenvalue weighted by atomic mass is 9.62. The number of halogens is 3. The van der Waals surface area contributed by atoms with Gasteiger partial charge in [0.15, 0.2) is 0 Å². The average Bonchev–Trinajstić information content (AvgIpc) is 2.89. The zero-order valence-corrected chi connectivity index (χ0v) is 23.0. The minimum Gasteiger partial charge on any atom is -0.444 e. The van der Waals surface area contributed by atoms with Crippen LogP contribution in [-0.4, -0.2) is 66.9 Å². The molecule has 6 nitrogen and oxygen atoms in total. The highest BCUT2D eigenvalue weighted by Crippen LogP contribution is 2.51. The number of hydrogen-bond donors (Lipinski definition) is 0. The van der Waals surface area contributed by atoms with Crippen LogP contribution in [0.1, 0.15) is 57.1 Å². The number of carbonyl (C=O) groups excluding carboxylic acids is 2. The molecule has 9 heteroatoms. The van der Waals surface area contributed by atoms with Crippen LogP contribution in [0.15, 0.2) is 60.7 Å². The summed E-state index contributed by atoms with van der Waals surface area (Å²) < 4.78 is 54.2. The summed E-state index contributed by atoms with van der Waals surface area (Å²) in [4.78, 5) is 29.5. The molecule has 0 aromatic heterocycles. The van der Waals surface area contributed by atoms with Crippen LogP contribution in [0, 0.1) is 5.41 Å². The van der Waals surface area contributed by atoms with Gasteiger partial charge in [-0.05, 0) is 51.0 Å². The number of amides is 2. The minimum absolute atomic E-state index is 0.0406. The van der Waals surface area contributed by atoms with E-state index in [2.05, 4.69) is 0 Å². The molecule has 2 aromatic carbocycles. The highest BCUT2D eigenvalue weighted by molar-refractivity contribution is 5.88. The first-order chi connectivity index (χ1) is 18.3. The summed E-state index contributed by atoms with van der Waals surface area (Å²) in [5, 5.41) is 0. The molecule has 39 heavy (non-hydrogen) atoms. The normalized spacial score (nSPS) is 21.4. The van der Waals surface area contributed by atoms with Crippen molar-refractivity contribution in [3.8, 4) is 0 Å². The van der Waals surface area contributed by atoms with Gasteiger partial charge in [-0.3, -0.25) is 4.79 Å². The molecule has 2 atom stereocenters. The van der Waals surface area contributed by atoms with E-state index in [0.29, 0.717) is 32.4 Å². The van der Waals surface area contributed by atoms with Gasteiger partial charge in [-0.1, -0.05) is 60.7 Å². The van der Waals surface area contributed by atoms with Gasteiger partial charge in [0.2, 0.25) is 0 Å². The van der Waals surface area contributed by atoms with Crippen molar-refractivity contribution in [2.24, 2.45) is 5.41 Å². The molecule has 0 aliphatic carbocycles. The van der Waals surface area contributed by atoms with Gasteiger partial charge in [-0.15, -0.1) is 0 Å². The van der Waals surface area contributed by atoms with Crippen LogP contribution in [0.4, 0.5) is 18.0 Å². The standard InChI is InChI=1S/C30H37F3N2O4/c1-27(2,3)39-26(37)35-20-17-28(24(21-35)22-11-7-5-8-12-22)15-18-34(19-16-28)25(36)29(38-4,30(31,32)33)23-13-9-6-10-14-23/h5-14,24H,15-21H2,1-4H3/t24?,29-/m0/s1. The van der Waals surface area contributed by atoms with Gasteiger partial charge in [0.05, 0.1) is 0 Å². The molecule has 2 fully saturated rings. The number of piperidine rings is 2. The number of nitrogens with zero attached hydrogens (tertiary/aromatic N) is 2. The van der Waals surface area contributed by atoms with Crippen LogP contribution in [0.2, 0.25) is 0 Å². The first-order valence-corrected chi connectivity index (χ1v) is 13.3. The van der Waals surface area contributed by atoms with Crippen molar-refractivity contribution in [2.75, 3.05) is 33.3 Å². The third-order valence-corrected chi connectivity index (χ3v) is 8.11. The summed E-state index contributed by atoms with van der Waals surface area (Å²) in [6.07, 6.45) is -3.61. The number of hydrogen-bond acceptors (Lipinski definition) is 4. The van der Waals surface area contributed by atoms with Crippen LogP contribution in [0.25, 0.3) is 0 Å². The lowest BCUT2D eigenvalue weighted by Gasteiger charge is -2.52. The highest BCUT2D eigenvalue weighted by Gasteiger charge is 2.64. The number of benzene rings is 2. The maximum absolute atomic E-state index is 14.5. The number of methoxy groups -OCH3 is 1. The van der Waals surface area contributed by atoms with E-state index in [1.807, 2.05) is 51.1 Å². The smallest absolute Gasteiger partial charge is 0.430 e. The lowest BCUT2D eigenvalue weighted by Crippen LogP contribution is -2.60. The largest absolute Gasteiger partial charge is 0.444 e. The Morgan fingerprint density at radius 3 is 1.85 bits per heavy atom. The summed E-state index contributed by atoms with van der Waals surface area (Å²) in [6, 6.07) is 17.0. The van der Waals surface area contributed by atoms with Crippen molar-refractivity contribution in [2.45, 2.75) is 63.3 Å². The van der Waals surface area contributed by atoms with Gasteiger partial charge in [0.1, 0.15) is 5.60 Å². The second kappa shape index (κ2) is 10.8. The number of likely N-dealkylation sites (tertiary alicyclic amines) is 2. The maximum atomic E-state index is 14.5. The van der Waals surface area contributed by atoms with Crippen LogP contribution < -0.4 is 0 Å². The molecule has 2 amide bonds. The fourth-order valence-electron chi connectivity index (χ4n) is 6.05. The number of alkyl halides is 3. The Balaban J connectivity index is 1.58. The summed E-state index contributed by atoms with van der Waals surface area (Å²) >= 11 is 0. The van der Waals surface area contributed by atoms with Crippen molar-refractivity contribution in [3.63, 3.8) is 0 Å². The van der Waals surface area contributed by atoms with Crippen LogP contribution in [-0.2, 0) is 19.9 Å². The van der Waals surface area contributed by atoms with Crippen molar-refractivity contribution < 1.29 is 32.2 Å². The monoisotopic (exact) mass is 546 g/mol. The van der Waals surface area contributed by atoms with Crippen molar-refractivity contribution in [1.82, 2.24) is 9.80 Å². The molecule has 0 radical (unpaired) electrons. The zero-order chi connectivity index (χ0) is 28.5. The number of carbonyl (C=O) groups is 2.